The summed E-state index contributed by atoms with van der Waals surface area (Å²) in [5.41, 5.74) is 1.54. The topological polar surface area (TPSA) is 55.1 Å². The molecule has 3 atom stereocenters. The molecule has 0 saturated heterocycles. The maximum atomic E-state index is 12.1. The molecule has 0 radical (unpaired) electrons. The monoisotopic (exact) mass is 354 g/mol. The van der Waals surface area contributed by atoms with Crippen LogP contribution in [0.3, 0.4) is 0 Å². The second kappa shape index (κ2) is 5.41. The predicted molar refractivity (Wildman–Crippen MR) is 84.2 cm³/mol. The molecular weight excluding hydrogens is 332 g/mol. The van der Waals surface area contributed by atoms with Gasteiger partial charge >= 0.3 is 5.97 Å². The first kappa shape index (κ1) is 15.1. The summed E-state index contributed by atoms with van der Waals surface area (Å²) < 4.78 is 3.01. The molecule has 2 aliphatic rings. The highest BCUT2D eigenvalue weighted by atomic mass is 79.9. The molecule has 1 heterocycles. The van der Waals surface area contributed by atoms with Crippen LogP contribution in [0.4, 0.5) is 0 Å². The van der Waals surface area contributed by atoms with Crippen molar-refractivity contribution in [2.45, 2.75) is 58.9 Å². The summed E-state index contributed by atoms with van der Waals surface area (Å²) >= 11 is 3.66. The van der Waals surface area contributed by atoms with E-state index in [1.165, 1.54) is 6.42 Å². The highest BCUT2D eigenvalue weighted by Crippen LogP contribution is 2.57. The first-order valence-electron chi connectivity index (χ1n) is 7.99. The molecule has 0 amide bonds. The van der Waals surface area contributed by atoms with Gasteiger partial charge in [0, 0.05) is 13.0 Å². The first-order chi connectivity index (χ1) is 10.0. The van der Waals surface area contributed by atoms with E-state index in [1.807, 2.05) is 4.68 Å². The van der Waals surface area contributed by atoms with Crippen LogP contribution in [-0.2, 0) is 24.2 Å². The molecule has 0 spiro atoms. The van der Waals surface area contributed by atoms with E-state index in [0.29, 0.717) is 18.3 Å². The number of halogens is 1. The third-order valence-corrected chi connectivity index (χ3v) is 6.49. The predicted octanol–water partition coefficient (Wildman–Crippen LogP) is 3.66. The standard InChI is InChI=1S/C16H23BrN2O2/c1-3-12-14(17)13(19(4-2)18-12)9-16(15(20)21)8-10-5-6-11(16)7-10/h10-11H,3-9H2,1-2H3,(H,20,21). The van der Waals surface area contributed by atoms with Crippen LogP contribution in [0.15, 0.2) is 4.47 Å². The molecule has 3 rings (SSSR count). The largest absolute Gasteiger partial charge is 0.481 e. The van der Waals surface area contributed by atoms with Gasteiger partial charge in [0.05, 0.1) is 21.3 Å². The van der Waals surface area contributed by atoms with Gasteiger partial charge in [-0.1, -0.05) is 13.3 Å². The van der Waals surface area contributed by atoms with E-state index in [9.17, 15) is 9.90 Å². The average molecular weight is 355 g/mol. The number of rotatable bonds is 5. The molecule has 4 nitrogen and oxygen atoms in total. The minimum atomic E-state index is -0.608. The highest BCUT2D eigenvalue weighted by Gasteiger charge is 2.56. The zero-order valence-corrected chi connectivity index (χ0v) is 14.3. The zero-order chi connectivity index (χ0) is 15.2. The molecule has 2 fully saturated rings. The number of nitrogens with zero attached hydrogens (tertiary/aromatic N) is 2. The lowest BCUT2D eigenvalue weighted by atomic mass is 9.70. The summed E-state index contributed by atoms with van der Waals surface area (Å²) in [6.45, 7) is 4.94. The molecule has 3 unspecified atom stereocenters. The van der Waals surface area contributed by atoms with Crippen LogP contribution in [0.2, 0.25) is 0 Å². The van der Waals surface area contributed by atoms with Gasteiger partial charge in [0.1, 0.15) is 0 Å². The van der Waals surface area contributed by atoms with Crippen LogP contribution in [0.25, 0.3) is 0 Å². The van der Waals surface area contributed by atoms with E-state index in [4.69, 9.17) is 0 Å². The Hall–Kier alpha value is -0.840. The first-order valence-corrected chi connectivity index (χ1v) is 8.78. The molecule has 2 bridgehead atoms. The fourth-order valence-corrected chi connectivity index (χ4v) is 5.19. The van der Waals surface area contributed by atoms with Crippen LogP contribution in [-0.4, -0.2) is 20.9 Å². The number of hydrogen-bond donors (Lipinski definition) is 1. The Morgan fingerprint density at radius 3 is 2.71 bits per heavy atom. The summed E-state index contributed by atoms with van der Waals surface area (Å²) in [5.74, 6) is 0.356. The van der Waals surface area contributed by atoms with Crippen LogP contribution < -0.4 is 0 Å². The molecule has 1 aromatic rings. The lowest BCUT2D eigenvalue weighted by Gasteiger charge is -2.33. The fraction of sp³-hybridized carbons (Fsp3) is 0.750. The van der Waals surface area contributed by atoms with Gasteiger partial charge in [-0.25, -0.2) is 0 Å². The third kappa shape index (κ3) is 2.24. The Morgan fingerprint density at radius 2 is 2.24 bits per heavy atom. The molecule has 5 heteroatoms. The minimum absolute atomic E-state index is 0.345. The number of aryl methyl sites for hydroxylation is 2. The number of aromatic nitrogens is 2. The third-order valence-electron chi connectivity index (χ3n) is 5.58. The van der Waals surface area contributed by atoms with Gasteiger partial charge in [-0.2, -0.15) is 5.10 Å². The second-order valence-corrected chi connectivity index (χ2v) is 7.39. The van der Waals surface area contributed by atoms with Crippen molar-refractivity contribution in [1.82, 2.24) is 9.78 Å². The van der Waals surface area contributed by atoms with Crippen molar-refractivity contribution in [3.8, 4) is 0 Å². The summed E-state index contributed by atoms with van der Waals surface area (Å²) in [4.78, 5) is 12.1. The van der Waals surface area contributed by atoms with Gasteiger partial charge in [-0.3, -0.25) is 9.48 Å². The van der Waals surface area contributed by atoms with Crippen LogP contribution >= 0.6 is 15.9 Å². The van der Waals surface area contributed by atoms with E-state index in [1.54, 1.807) is 0 Å². The van der Waals surface area contributed by atoms with E-state index in [2.05, 4.69) is 34.9 Å². The van der Waals surface area contributed by atoms with Gasteiger partial charge < -0.3 is 5.11 Å². The summed E-state index contributed by atoms with van der Waals surface area (Å²) in [5, 5.41) is 14.5. The number of carboxylic acids is 1. The van der Waals surface area contributed by atoms with Crippen molar-refractivity contribution in [3.63, 3.8) is 0 Å². The number of fused-ring (bicyclic) bond motifs is 2. The van der Waals surface area contributed by atoms with Crippen molar-refractivity contribution in [1.29, 1.82) is 0 Å². The van der Waals surface area contributed by atoms with Crippen LogP contribution in [0.1, 0.15) is 50.9 Å². The number of carbonyl (C=O) groups is 1. The molecule has 2 aliphatic carbocycles. The van der Waals surface area contributed by atoms with Gasteiger partial charge in [-0.15, -0.1) is 0 Å². The zero-order valence-electron chi connectivity index (χ0n) is 12.7. The maximum absolute atomic E-state index is 12.1. The molecular formula is C16H23BrN2O2. The van der Waals surface area contributed by atoms with Crippen molar-refractivity contribution < 1.29 is 9.90 Å². The average Bonchev–Trinajstić information content (AvgIpc) is 3.14. The summed E-state index contributed by atoms with van der Waals surface area (Å²) in [6.07, 6.45) is 5.72. The van der Waals surface area contributed by atoms with E-state index >= 15 is 0 Å². The summed E-state index contributed by atoms with van der Waals surface area (Å²) in [7, 11) is 0. The van der Waals surface area contributed by atoms with Gasteiger partial charge in [0.2, 0.25) is 0 Å². The minimum Gasteiger partial charge on any atom is -0.481 e. The molecule has 116 valence electrons. The number of aliphatic carboxylic acids is 1. The number of carboxylic acid groups (broad SMARTS) is 1. The maximum Gasteiger partial charge on any atom is 0.310 e. The Bertz CT molecular complexity index is 569. The molecule has 1 aromatic heterocycles. The smallest absolute Gasteiger partial charge is 0.310 e. The molecule has 0 aromatic carbocycles. The number of hydrogen-bond acceptors (Lipinski definition) is 2. The van der Waals surface area contributed by atoms with E-state index in [0.717, 1.165) is 48.1 Å². The quantitative estimate of drug-likeness (QED) is 0.877. The molecule has 1 N–H and O–H groups in total. The van der Waals surface area contributed by atoms with E-state index < -0.39 is 11.4 Å². The van der Waals surface area contributed by atoms with Crippen molar-refractivity contribution in [2.75, 3.05) is 0 Å². The SMILES string of the molecule is CCc1nn(CC)c(CC2(C(=O)O)CC3CCC2C3)c1Br. The molecule has 21 heavy (non-hydrogen) atoms. The van der Waals surface area contributed by atoms with Crippen molar-refractivity contribution >= 4 is 21.9 Å². The second-order valence-electron chi connectivity index (χ2n) is 6.59. The van der Waals surface area contributed by atoms with Crippen molar-refractivity contribution in [2.24, 2.45) is 17.3 Å². The van der Waals surface area contributed by atoms with Gasteiger partial charge in [-0.05, 0) is 60.4 Å². The molecule has 2 saturated carbocycles. The van der Waals surface area contributed by atoms with Crippen molar-refractivity contribution in [3.05, 3.63) is 15.9 Å². The normalized spacial score (nSPS) is 31.0. The van der Waals surface area contributed by atoms with Crippen LogP contribution in [0.5, 0.6) is 0 Å². The van der Waals surface area contributed by atoms with Gasteiger partial charge in [0.25, 0.3) is 0 Å². The van der Waals surface area contributed by atoms with Crippen LogP contribution in [0, 0.1) is 17.3 Å². The Kier molecular flexibility index (Phi) is 3.89. The Morgan fingerprint density at radius 1 is 1.48 bits per heavy atom. The highest BCUT2D eigenvalue weighted by molar-refractivity contribution is 9.10. The summed E-state index contributed by atoms with van der Waals surface area (Å²) in [6, 6.07) is 0. The lowest BCUT2D eigenvalue weighted by molar-refractivity contribution is -0.152. The van der Waals surface area contributed by atoms with E-state index in [-0.39, 0.29) is 0 Å². The Labute approximate surface area is 134 Å². The molecule has 0 aliphatic heterocycles. The lowest BCUT2D eigenvalue weighted by Crippen LogP contribution is -2.39. The fourth-order valence-electron chi connectivity index (χ4n) is 4.48. The Balaban J connectivity index is 1.98. The van der Waals surface area contributed by atoms with Gasteiger partial charge in [0.15, 0.2) is 0 Å².